The molecule has 0 unspecified atom stereocenters. The largest absolute Gasteiger partial charge is 0.314 e. The van der Waals surface area contributed by atoms with Crippen molar-refractivity contribution in [1.82, 2.24) is 10.3 Å². The molecule has 0 saturated heterocycles. The van der Waals surface area contributed by atoms with E-state index in [1.54, 1.807) is 13.1 Å². The topological polar surface area (TPSA) is 59.1 Å². The van der Waals surface area contributed by atoms with E-state index in [4.69, 9.17) is 0 Å². The van der Waals surface area contributed by atoms with Gasteiger partial charge in [-0.15, -0.1) is 0 Å². The summed E-state index contributed by atoms with van der Waals surface area (Å²) in [5.41, 5.74) is 0.727. The van der Waals surface area contributed by atoms with Gasteiger partial charge in [0.05, 0.1) is 10.6 Å². The summed E-state index contributed by atoms with van der Waals surface area (Å²) in [7, 11) is -1.32. The standard InChI is InChI=1S/C8H12N2O2S/c1-9-6-7-5-8(3-4-10-7)13(2,11)12/h3-5,9H,6H2,1-2H3. The van der Waals surface area contributed by atoms with E-state index in [0.717, 1.165) is 5.69 Å². The number of pyridine rings is 1. The van der Waals surface area contributed by atoms with E-state index in [2.05, 4.69) is 10.3 Å². The Bertz CT molecular complexity index is 387. The lowest BCUT2D eigenvalue weighted by molar-refractivity contribution is 0.601. The van der Waals surface area contributed by atoms with Crippen LogP contribution < -0.4 is 5.32 Å². The van der Waals surface area contributed by atoms with Crippen LogP contribution in [0.2, 0.25) is 0 Å². The molecule has 1 aromatic rings. The van der Waals surface area contributed by atoms with Gasteiger partial charge in [-0.1, -0.05) is 0 Å². The minimum atomic E-state index is -3.11. The second-order valence-corrected chi connectivity index (χ2v) is 4.80. The lowest BCUT2D eigenvalue weighted by Gasteiger charge is -2.01. The molecule has 0 atom stereocenters. The van der Waals surface area contributed by atoms with Crippen molar-refractivity contribution >= 4 is 9.84 Å². The molecule has 0 fully saturated rings. The first kappa shape index (κ1) is 10.1. The summed E-state index contributed by atoms with van der Waals surface area (Å²) in [5.74, 6) is 0. The number of nitrogens with zero attached hydrogens (tertiary/aromatic N) is 1. The van der Waals surface area contributed by atoms with Crippen LogP contribution in [0.5, 0.6) is 0 Å². The highest BCUT2D eigenvalue weighted by molar-refractivity contribution is 7.90. The molecular formula is C8H12N2O2S. The summed E-state index contributed by atoms with van der Waals surface area (Å²) in [5, 5.41) is 2.91. The van der Waals surface area contributed by atoms with Crippen molar-refractivity contribution in [3.63, 3.8) is 0 Å². The molecule has 1 aromatic heterocycles. The van der Waals surface area contributed by atoms with Crippen LogP contribution in [0.15, 0.2) is 23.2 Å². The van der Waals surface area contributed by atoms with Gasteiger partial charge < -0.3 is 5.32 Å². The summed E-state index contributed by atoms with van der Waals surface area (Å²) in [6.07, 6.45) is 2.69. The van der Waals surface area contributed by atoms with Crippen molar-refractivity contribution in [2.24, 2.45) is 0 Å². The zero-order valence-electron chi connectivity index (χ0n) is 7.61. The third-order valence-electron chi connectivity index (χ3n) is 1.57. The predicted molar refractivity (Wildman–Crippen MR) is 50.1 cm³/mol. The number of rotatable bonds is 3. The Labute approximate surface area is 77.9 Å². The summed E-state index contributed by atoms with van der Waals surface area (Å²) in [4.78, 5) is 4.33. The highest BCUT2D eigenvalue weighted by Crippen LogP contribution is 2.08. The van der Waals surface area contributed by atoms with Gasteiger partial charge in [-0.25, -0.2) is 8.42 Å². The maximum atomic E-state index is 11.1. The third-order valence-corrected chi connectivity index (χ3v) is 2.68. The molecule has 0 aliphatic rings. The molecule has 0 aliphatic carbocycles. The van der Waals surface area contributed by atoms with Crippen molar-refractivity contribution in [2.45, 2.75) is 11.4 Å². The summed E-state index contributed by atoms with van der Waals surface area (Å²) < 4.78 is 22.3. The lowest BCUT2D eigenvalue weighted by Crippen LogP contribution is -2.08. The Morgan fingerprint density at radius 1 is 1.54 bits per heavy atom. The molecule has 1 N–H and O–H groups in total. The highest BCUT2D eigenvalue weighted by atomic mass is 32.2. The van der Waals surface area contributed by atoms with Gasteiger partial charge in [0.25, 0.3) is 0 Å². The van der Waals surface area contributed by atoms with Crippen LogP contribution in [-0.4, -0.2) is 26.7 Å². The van der Waals surface area contributed by atoms with Gasteiger partial charge in [0, 0.05) is 19.0 Å². The summed E-state index contributed by atoms with van der Waals surface area (Å²) in [6.45, 7) is 0.573. The monoisotopic (exact) mass is 200 g/mol. The van der Waals surface area contributed by atoms with E-state index >= 15 is 0 Å². The molecular weight excluding hydrogens is 188 g/mol. The van der Waals surface area contributed by atoms with Crippen LogP contribution in [0.4, 0.5) is 0 Å². The minimum absolute atomic E-state index is 0.313. The molecule has 5 heteroatoms. The second kappa shape index (κ2) is 3.85. The fourth-order valence-corrected chi connectivity index (χ4v) is 1.62. The van der Waals surface area contributed by atoms with E-state index in [1.165, 1.54) is 18.5 Å². The molecule has 1 rings (SSSR count). The lowest BCUT2D eigenvalue weighted by atomic mass is 10.3. The van der Waals surface area contributed by atoms with Gasteiger partial charge in [-0.3, -0.25) is 4.98 Å². The average molecular weight is 200 g/mol. The molecule has 72 valence electrons. The Hall–Kier alpha value is -0.940. The maximum absolute atomic E-state index is 11.1. The molecule has 0 saturated carbocycles. The normalized spacial score (nSPS) is 11.5. The number of hydrogen-bond donors (Lipinski definition) is 1. The number of aromatic nitrogens is 1. The summed E-state index contributed by atoms with van der Waals surface area (Å²) >= 11 is 0. The van der Waals surface area contributed by atoms with E-state index in [1.807, 2.05) is 0 Å². The second-order valence-electron chi connectivity index (χ2n) is 2.79. The molecule has 0 radical (unpaired) electrons. The van der Waals surface area contributed by atoms with Gasteiger partial charge in [0.15, 0.2) is 9.84 Å². The smallest absolute Gasteiger partial charge is 0.175 e. The van der Waals surface area contributed by atoms with Crippen LogP contribution in [0.3, 0.4) is 0 Å². The predicted octanol–water partition coefficient (Wildman–Crippen LogP) is 0.204. The van der Waals surface area contributed by atoms with Crippen LogP contribution in [0.1, 0.15) is 5.69 Å². The van der Waals surface area contributed by atoms with E-state index < -0.39 is 9.84 Å². The maximum Gasteiger partial charge on any atom is 0.175 e. The van der Waals surface area contributed by atoms with Crippen LogP contribution in [0.25, 0.3) is 0 Å². The third kappa shape index (κ3) is 2.78. The quantitative estimate of drug-likeness (QED) is 0.757. The van der Waals surface area contributed by atoms with Crippen molar-refractivity contribution in [3.8, 4) is 0 Å². The Balaban J connectivity index is 3.06. The zero-order valence-corrected chi connectivity index (χ0v) is 8.43. The Morgan fingerprint density at radius 3 is 2.77 bits per heavy atom. The van der Waals surface area contributed by atoms with Gasteiger partial charge in [0.1, 0.15) is 0 Å². The molecule has 0 aromatic carbocycles. The zero-order chi connectivity index (χ0) is 9.90. The SMILES string of the molecule is CNCc1cc(S(C)(=O)=O)ccn1. The molecule has 0 aliphatic heterocycles. The fraction of sp³-hybridized carbons (Fsp3) is 0.375. The first-order valence-electron chi connectivity index (χ1n) is 3.83. The van der Waals surface area contributed by atoms with Crippen LogP contribution in [0, 0.1) is 0 Å². The van der Waals surface area contributed by atoms with Gasteiger partial charge in [-0.05, 0) is 19.2 Å². The van der Waals surface area contributed by atoms with Crippen molar-refractivity contribution in [2.75, 3.05) is 13.3 Å². The van der Waals surface area contributed by atoms with Crippen LogP contribution in [-0.2, 0) is 16.4 Å². The van der Waals surface area contributed by atoms with E-state index in [9.17, 15) is 8.42 Å². The first-order valence-corrected chi connectivity index (χ1v) is 5.73. The molecule has 0 spiro atoms. The van der Waals surface area contributed by atoms with Gasteiger partial charge >= 0.3 is 0 Å². The average Bonchev–Trinajstić information content (AvgIpc) is 2.04. The molecule has 0 bridgehead atoms. The molecule has 4 nitrogen and oxygen atoms in total. The molecule has 0 amide bonds. The first-order chi connectivity index (χ1) is 6.04. The molecule has 13 heavy (non-hydrogen) atoms. The van der Waals surface area contributed by atoms with E-state index in [0.29, 0.717) is 11.4 Å². The van der Waals surface area contributed by atoms with E-state index in [-0.39, 0.29) is 0 Å². The highest BCUT2D eigenvalue weighted by Gasteiger charge is 2.07. The number of nitrogens with one attached hydrogen (secondary N) is 1. The van der Waals surface area contributed by atoms with Crippen molar-refractivity contribution in [1.29, 1.82) is 0 Å². The van der Waals surface area contributed by atoms with Gasteiger partial charge in [0.2, 0.25) is 0 Å². The van der Waals surface area contributed by atoms with Crippen molar-refractivity contribution in [3.05, 3.63) is 24.0 Å². The van der Waals surface area contributed by atoms with Crippen LogP contribution >= 0.6 is 0 Å². The van der Waals surface area contributed by atoms with Gasteiger partial charge in [-0.2, -0.15) is 0 Å². The molecule has 1 heterocycles. The summed E-state index contributed by atoms with van der Waals surface area (Å²) in [6, 6.07) is 3.07. The fourth-order valence-electron chi connectivity index (χ4n) is 0.964. The van der Waals surface area contributed by atoms with Crippen molar-refractivity contribution < 1.29 is 8.42 Å². The minimum Gasteiger partial charge on any atom is -0.314 e. The number of sulfone groups is 1. The Morgan fingerprint density at radius 2 is 2.23 bits per heavy atom. The number of hydrogen-bond acceptors (Lipinski definition) is 4. The Kier molecular flexibility index (Phi) is 3.00.